The molecule has 0 unspecified atom stereocenters. The van der Waals surface area contributed by atoms with E-state index in [1.165, 1.54) is 105 Å². The first-order valence-electron chi connectivity index (χ1n) is 21.2. The topological polar surface area (TPSA) is 21.3 Å². The van der Waals surface area contributed by atoms with Gasteiger partial charge in [-0.05, 0) is 98.1 Å². The maximum Gasteiger partial charge on any atom is 0.336 e. The van der Waals surface area contributed by atoms with E-state index in [4.69, 9.17) is 4.42 Å². The van der Waals surface area contributed by atoms with Crippen molar-refractivity contribution in [1.82, 2.24) is 4.48 Å². The molecule has 0 fully saturated rings. The summed E-state index contributed by atoms with van der Waals surface area (Å²) in [7, 11) is 0. The zero-order valence-corrected chi connectivity index (χ0v) is 35.2. The van der Waals surface area contributed by atoms with Crippen LogP contribution in [-0.2, 0) is 16.2 Å². The van der Waals surface area contributed by atoms with Gasteiger partial charge >= 0.3 is 6.85 Å². The lowest BCUT2D eigenvalue weighted by molar-refractivity contribution is 0.521. The Labute approximate surface area is 347 Å². The zero-order valence-electron chi connectivity index (χ0n) is 35.2. The summed E-state index contributed by atoms with van der Waals surface area (Å²) in [6, 6.07) is 52.8. The van der Waals surface area contributed by atoms with Gasteiger partial charge in [0.1, 0.15) is 5.58 Å². The number of para-hydroxylation sites is 2. The first-order valence-corrected chi connectivity index (χ1v) is 21.2. The smallest absolute Gasteiger partial charge is 0.336 e. The maximum atomic E-state index is 7.01. The summed E-state index contributed by atoms with van der Waals surface area (Å²) in [5, 5.41) is 3.61. The first-order chi connectivity index (χ1) is 28.3. The second-order valence-corrected chi connectivity index (χ2v) is 19.4. The summed E-state index contributed by atoms with van der Waals surface area (Å²) < 4.78 is 9.58. The lowest BCUT2D eigenvalue weighted by atomic mass is 9.44. The van der Waals surface area contributed by atoms with E-state index in [-0.39, 0.29) is 23.1 Å². The van der Waals surface area contributed by atoms with Gasteiger partial charge in [-0.25, -0.2) is 0 Å². The Hall–Kier alpha value is -6.26. The molecule has 1 aliphatic carbocycles. The molecular weight excluding hydrogens is 715 g/mol. The number of aromatic nitrogens is 1. The fourth-order valence-corrected chi connectivity index (χ4v) is 11.3. The molecule has 4 heteroatoms. The molecule has 2 aliphatic heterocycles. The summed E-state index contributed by atoms with van der Waals surface area (Å²) in [6.45, 7) is 18.8. The van der Waals surface area contributed by atoms with Crippen LogP contribution in [-0.4, -0.2) is 11.3 Å². The van der Waals surface area contributed by atoms with E-state index in [0.29, 0.717) is 0 Å². The number of fused-ring (bicyclic) bond motifs is 11. The van der Waals surface area contributed by atoms with Crippen LogP contribution in [0.4, 0.5) is 17.1 Å². The number of furan rings is 1. The molecule has 3 aliphatic rings. The fourth-order valence-electron chi connectivity index (χ4n) is 11.3. The predicted molar refractivity (Wildman–Crippen MR) is 249 cm³/mol. The van der Waals surface area contributed by atoms with Gasteiger partial charge in [-0.15, -0.1) is 0 Å². The predicted octanol–water partition coefficient (Wildman–Crippen LogP) is 13.2. The van der Waals surface area contributed by atoms with Gasteiger partial charge < -0.3 is 13.8 Å². The molecule has 4 heterocycles. The van der Waals surface area contributed by atoms with Gasteiger partial charge in [0.05, 0.1) is 11.1 Å². The van der Waals surface area contributed by atoms with Gasteiger partial charge in [0.25, 0.3) is 0 Å². The van der Waals surface area contributed by atoms with E-state index in [2.05, 4.69) is 204 Å². The minimum absolute atomic E-state index is 0.0149. The largest absolute Gasteiger partial charge is 0.441 e. The minimum atomic E-state index is -0.218. The Bertz CT molecular complexity index is 3280. The number of hydrogen-bond donors (Lipinski definition) is 0. The van der Waals surface area contributed by atoms with Crippen LogP contribution in [0.15, 0.2) is 144 Å². The molecule has 286 valence electrons. The second-order valence-electron chi connectivity index (χ2n) is 19.4. The minimum Gasteiger partial charge on any atom is -0.441 e. The quantitative estimate of drug-likeness (QED) is 0.164. The normalized spacial score (nSPS) is 15.7. The average molecular weight is 763 g/mol. The molecule has 0 spiro atoms. The fraction of sp³-hybridized carbons (Fsp3) is 0.200. The summed E-state index contributed by atoms with van der Waals surface area (Å²) in [5.41, 5.74) is 22.1. The summed E-state index contributed by atoms with van der Waals surface area (Å²) in [5.74, 6) is 0. The highest BCUT2D eigenvalue weighted by Gasteiger charge is 2.48. The van der Waals surface area contributed by atoms with Crippen LogP contribution < -0.4 is 15.8 Å². The van der Waals surface area contributed by atoms with Crippen molar-refractivity contribution in [2.24, 2.45) is 0 Å². The number of benzene rings is 7. The van der Waals surface area contributed by atoms with E-state index in [1.54, 1.807) is 0 Å². The zero-order chi connectivity index (χ0) is 40.3. The standard InChI is InChI=1S/C55H47BN2O/c1-32-27-39-35-20-16-21-37-49-36-19-12-15-24-48(36)59-52(49)58(51(35)37)56-44-30-42-43(55(7,8)41-23-14-13-22-40(41)54(42,5)6)31-46(44)57(47(28-32)50(39)56)45-26-25-34(53(2,3)4)29-38(45)33-17-10-9-11-18-33/h9-31H,1-8H3. The third-order valence-electron chi connectivity index (χ3n) is 14.2. The van der Waals surface area contributed by atoms with Crippen LogP contribution in [0.25, 0.3) is 55.2 Å². The lowest BCUT2D eigenvalue weighted by Crippen LogP contribution is -2.57. The SMILES string of the molecule is Cc1cc2c3c(c1)N(c1ccc(C(C)(C)C)cc1-c1ccccc1)c1cc4c(cc1B3n1c3oc5ccccc5c3c3cccc-2c31)C(C)(C)c1ccccc1C4(C)C. The number of hydrogen-bond acceptors (Lipinski definition) is 2. The molecule has 9 aromatic rings. The molecule has 0 amide bonds. The summed E-state index contributed by atoms with van der Waals surface area (Å²) >= 11 is 0. The molecule has 2 aromatic heterocycles. The molecule has 3 nitrogen and oxygen atoms in total. The van der Waals surface area contributed by atoms with Crippen LogP contribution in [0.1, 0.15) is 81.8 Å². The van der Waals surface area contributed by atoms with E-state index in [9.17, 15) is 0 Å². The Morgan fingerprint density at radius 3 is 1.98 bits per heavy atom. The van der Waals surface area contributed by atoms with Gasteiger partial charge in [0.2, 0.25) is 0 Å². The highest BCUT2D eigenvalue weighted by Crippen LogP contribution is 2.54. The maximum absolute atomic E-state index is 7.01. The Kier molecular flexibility index (Phi) is 6.76. The van der Waals surface area contributed by atoms with Crippen LogP contribution in [0, 0.1) is 6.92 Å². The molecule has 0 atom stereocenters. The molecule has 0 radical (unpaired) electrons. The van der Waals surface area contributed by atoms with Crippen molar-refractivity contribution in [1.29, 1.82) is 0 Å². The van der Waals surface area contributed by atoms with Gasteiger partial charge in [-0.3, -0.25) is 0 Å². The third-order valence-corrected chi connectivity index (χ3v) is 14.2. The van der Waals surface area contributed by atoms with E-state index < -0.39 is 0 Å². The van der Waals surface area contributed by atoms with Crippen LogP contribution in [0.5, 0.6) is 0 Å². The van der Waals surface area contributed by atoms with Crippen LogP contribution >= 0.6 is 0 Å². The van der Waals surface area contributed by atoms with Crippen molar-refractivity contribution >= 4 is 67.8 Å². The van der Waals surface area contributed by atoms with Crippen LogP contribution in [0.2, 0.25) is 0 Å². The molecular formula is C55H47BN2O. The Morgan fingerprint density at radius 2 is 1.24 bits per heavy atom. The summed E-state index contributed by atoms with van der Waals surface area (Å²) in [4.78, 5) is 2.63. The van der Waals surface area contributed by atoms with Gasteiger partial charge in [-0.1, -0.05) is 158 Å². The lowest BCUT2D eigenvalue weighted by Gasteiger charge is -2.47. The van der Waals surface area contributed by atoms with Crippen molar-refractivity contribution in [3.05, 3.63) is 173 Å². The summed E-state index contributed by atoms with van der Waals surface area (Å²) in [6.07, 6.45) is 0. The number of nitrogens with zero attached hydrogens (tertiary/aromatic N) is 2. The average Bonchev–Trinajstić information content (AvgIpc) is 3.77. The number of anilines is 3. The van der Waals surface area contributed by atoms with Crippen molar-refractivity contribution < 1.29 is 4.42 Å². The highest BCUT2D eigenvalue weighted by atomic mass is 16.3. The number of rotatable bonds is 2. The van der Waals surface area contributed by atoms with Crippen molar-refractivity contribution in [3.63, 3.8) is 0 Å². The van der Waals surface area contributed by atoms with E-state index >= 15 is 0 Å². The van der Waals surface area contributed by atoms with E-state index in [0.717, 1.165) is 11.3 Å². The van der Waals surface area contributed by atoms with Crippen LogP contribution in [0.3, 0.4) is 0 Å². The highest BCUT2D eigenvalue weighted by molar-refractivity contribution is 6.90. The molecule has 12 rings (SSSR count). The Balaban J connectivity index is 1.26. The van der Waals surface area contributed by atoms with E-state index in [1.807, 2.05) is 0 Å². The Morgan fingerprint density at radius 1 is 0.559 bits per heavy atom. The van der Waals surface area contributed by atoms with Crippen molar-refractivity contribution in [3.8, 4) is 22.3 Å². The third kappa shape index (κ3) is 4.50. The monoisotopic (exact) mass is 762 g/mol. The molecule has 0 saturated heterocycles. The second kappa shape index (κ2) is 11.5. The molecule has 7 aromatic carbocycles. The first kappa shape index (κ1) is 34.8. The van der Waals surface area contributed by atoms with Gasteiger partial charge in [0, 0.05) is 49.6 Å². The van der Waals surface area contributed by atoms with Gasteiger partial charge in [-0.2, -0.15) is 0 Å². The number of aryl methyl sites for hydroxylation is 1. The molecule has 0 saturated carbocycles. The molecule has 59 heavy (non-hydrogen) atoms. The molecule has 0 bridgehead atoms. The van der Waals surface area contributed by atoms with Crippen molar-refractivity contribution in [2.75, 3.05) is 4.90 Å². The van der Waals surface area contributed by atoms with Crippen molar-refractivity contribution in [2.45, 2.75) is 71.6 Å². The molecule has 0 N–H and O–H groups in total. The van der Waals surface area contributed by atoms with Gasteiger partial charge in [0.15, 0.2) is 5.71 Å².